The van der Waals surface area contributed by atoms with Gasteiger partial charge in [-0.05, 0) is 19.5 Å². The standard InChI is InChI=1S/C11H12ClN3O3/c1-13-9-4-5-14(11(9)16)10-6-7(15(17)18)2-3-8(10)12/h2-3,6,9,13H,4-5H2,1H3. The largest absolute Gasteiger partial charge is 0.309 e. The average molecular weight is 270 g/mol. The molecular weight excluding hydrogens is 258 g/mol. The van der Waals surface area contributed by atoms with Crippen LogP contribution in [0.5, 0.6) is 0 Å². The second kappa shape index (κ2) is 4.91. The molecule has 0 saturated carbocycles. The molecule has 1 saturated heterocycles. The van der Waals surface area contributed by atoms with Gasteiger partial charge in [0.15, 0.2) is 0 Å². The number of nitrogens with one attached hydrogen (secondary N) is 1. The number of non-ortho nitro benzene ring substituents is 1. The van der Waals surface area contributed by atoms with Crippen LogP contribution in [-0.4, -0.2) is 30.5 Å². The first-order valence-corrected chi connectivity index (χ1v) is 5.85. The summed E-state index contributed by atoms with van der Waals surface area (Å²) in [5, 5.41) is 14.0. The van der Waals surface area contributed by atoms with Crippen molar-refractivity contribution in [2.24, 2.45) is 0 Å². The number of likely N-dealkylation sites (N-methyl/N-ethyl adjacent to an activating group) is 1. The molecule has 1 N–H and O–H groups in total. The van der Waals surface area contributed by atoms with E-state index in [1.165, 1.54) is 23.1 Å². The van der Waals surface area contributed by atoms with Gasteiger partial charge in [0.1, 0.15) is 0 Å². The van der Waals surface area contributed by atoms with Crippen molar-refractivity contribution in [2.45, 2.75) is 12.5 Å². The lowest BCUT2D eigenvalue weighted by Gasteiger charge is -2.17. The molecule has 1 aliphatic heterocycles. The van der Waals surface area contributed by atoms with Gasteiger partial charge in [-0.15, -0.1) is 0 Å². The number of anilines is 1. The van der Waals surface area contributed by atoms with Gasteiger partial charge in [0.05, 0.1) is 21.7 Å². The molecule has 2 rings (SSSR count). The summed E-state index contributed by atoms with van der Waals surface area (Å²) in [6.45, 7) is 0.505. The SMILES string of the molecule is CNC1CCN(c2cc([N+](=O)[O-])ccc2Cl)C1=O. The quantitative estimate of drug-likeness (QED) is 0.668. The Morgan fingerprint density at radius 3 is 2.83 bits per heavy atom. The third kappa shape index (κ3) is 2.16. The number of halogens is 1. The lowest BCUT2D eigenvalue weighted by atomic mass is 10.2. The molecule has 18 heavy (non-hydrogen) atoms. The monoisotopic (exact) mass is 269 g/mol. The Kier molecular flexibility index (Phi) is 3.49. The number of nitro benzene ring substituents is 1. The number of carbonyl (C=O) groups excluding carboxylic acids is 1. The number of hydrogen-bond donors (Lipinski definition) is 1. The molecule has 6 nitrogen and oxygen atoms in total. The van der Waals surface area contributed by atoms with Crippen molar-refractivity contribution in [1.82, 2.24) is 5.32 Å². The number of rotatable bonds is 3. The maximum absolute atomic E-state index is 12.0. The molecule has 1 aliphatic rings. The molecule has 1 unspecified atom stereocenters. The zero-order valence-corrected chi connectivity index (χ0v) is 10.5. The van der Waals surface area contributed by atoms with Gasteiger partial charge in [-0.3, -0.25) is 14.9 Å². The summed E-state index contributed by atoms with van der Waals surface area (Å²) in [7, 11) is 1.71. The average Bonchev–Trinajstić information content (AvgIpc) is 2.70. The highest BCUT2D eigenvalue weighted by molar-refractivity contribution is 6.34. The zero-order chi connectivity index (χ0) is 13.3. The number of benzene rings is 1. The molecular formula is C11H12ClN3O3. The number of carbonyl (C=O) groups is 1. The van der Waals surface area contributed by atoms with Crippen LogP contribution in [0.2, 0.25) is 5.02 Å². The predicted octanol–water partition coefficient (Wildman–Crippen LogP) is 1.57. The van der Waals surface area contributed by atoms with E-state index in [0.29, 0.717) is 23.7 Å². The van der Waals surface area contributed by atoms with Crippen molar-refractivity contribution in [3.8, 4) is 0 Å². The highest BCUT2D eigenvalue weighted by Crippen LogP contribution is 2.32. The van der Waals surface area contributed by atoms with Crippen LogP contribution >= 0.6 is 11.6 Å². The van der Waals surface area contributed by atoms with Crippen LogP contribution in [0.25, 0.3) is 0 Å². The third-order valence-corrected chi connectivity index (χ3v) is 3.30. The fourth-order valence-electron chi connectivity index (χ4n) is 2.01. The number of nitrogens with zero attached hydrogens (tertiary/aromatic N) is 2. The Hall–Kier alpha value is -1.66. The van der Waals surface area contributed by atoms with Crippen LogP contribution < -0.4 is 10.2 Å². The van der Waals surface area contributed by atoms with Crippen molar-refractivity contribution in [3.63, 3.8) is 0 Å². The highest BCUT2D eigenvalue weighted by atomic mass is 35.5. The lowest BCUT2D eigenvalue weighted by Crippen LogP contribution is -2.36. The number of amides is 1. The van der Waals surface area contributed by atoms with Crippen molar-refractivity contribution in [3.05, 3.63) is 33.3 Å². The minimum Gasteiger partial charge on any atom is -0.309 e. The van der Waals surface area contributed by atoms with Gasteiger partial charge in [-0.2, -0.15) is 0 Å². The third-order valence-electron chi connectivity index (χ3n) is 2.99. The molecule has 1 amide bonds. The number of hydrogen-bond acceptors (Lipinski definition) is 4. The Morgan fingerprint density at radius 2 is 2.28 bits per heavy atom. The first kappa shape index (κ1) is 12.8. The van der Waals surface area contributed by atoms with E-state index in [4.69, 9.17) is 11.6 Å². The summed E-state index contributed by atoms with van der Waals surface area (Å²) in [5.74, 6) is -0.111. The highest BCUT2D eigenvalue weighted by Gasteiger charge is 2.32. The van der Waals surface area contributed by atoms with E-state index in [1.807, 2.05) is 0 Å². The maximum Gasteiger partial charge on any atom is 0.271 e. The minimum absolute atomic E-state index is 0.0740. The summed E-state index contributed by atoms with van der Waals surface area (Å²) in [6.07, 6.45) is 0.661. The van der Waals surface area contributed by atoms with E-state index in [2.05, 4.69) is 5.32 Å². The molecule has 0 aromatic heterocycles. The molecule has 1 heterocycles. The first-order valence-electron chi connectivity index (χ1n) is 5.47. The van der Waals surface area contributed by atoms with Crippen LogP contribution in [0.15, 0.2) is 18.2 Å². The molecule has 1 aromatic carbocycles. The van der Waals surface area contributed by atoms with Crippen LogP contribution in [0, 0.1) is 10.1 Å². The zero-order valence-electron chi connectivity index (χ0n) is 9.72. The second-order valence-corrected chi connectivity index (χ2v) is 4.42. The Bertz CT molecular complexity index is 506. The van der Waals surface area contributed by atoms with E-state index in [1.54, 1.807) is 7.05 Å². The Balaban J connectivity index is 2.36. The smallest absolute Gasteiger partial charge is 0.271 e. The first-order chi connectivity index (χ1) is 8.54. The second-order valence-electron chi connectivity index (χ2n) is 4.01. The molecule has 1 aromatic rings. The Morgan fingerprint density at radius 1 is 1.56 bits per heavy atom. The topological polar surface area (TPSA) is 75.5 Å². The number of nitro groups is 1. The van der Waals surface area contributed by atoms with Crippen molar-refractivity contribution in [1.29, 1.82) is 0 Å². The van der Waals surface area contributed by atoms with Crippen molar-refractivity contribution >= 4 is 28.9 Å². The van der Waals surface area contributed by atoms with Gasteiger partial charge in [0.25, 0.3) is 5.69 Å². The van der Waals surface area contributed by atoms with Gasteiger partial charge < -0.3 is 10.2 Å². The van der Waals surface area contributed by atoms with Gasteiger partial charge in [0, 0.05) is 18.7 Å². The fourth-order valence-corrected chi connectivity index (χ4v) is 2.23. The van der Waals surface area contributed by atoms with Gasteiger partial charge >= 0.3 is 0 Å². The van der Waals surface area contributed by atoms with Crippen LogP contribution in [0.1, 0.15) is 6.42 Å². The summed E-state index contributed by atoms with van der Waals surface area (Å²) in [4.78, 5) is 23.7. The van der Waals surface area contributed by atoms with Crippen molar-refractivity contribution < 1.29 is 9.72 Å². The van der Waals surface area contributed by atoms with E-state index < -0.39 is 4.92 Å². The molecule has 96 valence electrons. The lowest BCUT2D eigenvalue weighted by molar-refractivity contribution is -0.384. The molecule has 1 atom stereocenters. The minimum atomic E-state index is -0.504. The van der Waals surface area contributed by atoms with Crippen LogP contribution in [0.4, 0.5) is 11.4 Å². The normalized spacial score (nSPS) is 19.3. The van der Waals surface area contributed by atoms with Gasteiger partial charge in [0.2, 0.25) is 5.91 Å². The molecule has 0 radical (unpaired) electrons. The maximum atomic E-state index is 12.0. The van der Waals surface area contributed by atoms with Crippen LogP contribution in [0.3, 0.4) is 0 Å². The molecule has 0 spiro atoms. The summed E-state index contributed by atoms with van der Waals surface area (Å²) in [5.41, 5.74) is 0.323. The molecule has 7 heteroatoms. The van der Waals surface area contributed by atoms with Gasteiger partial charge in [-0.25, -0.2) is 0 Å². The Labute approximate surface area is 109 Å². The van der Waals surface area contributed by atoms with Gasteiger partial charge in [-0.1, -0.05) is 11.6 Å². The molecule has 1 fully saturated rings. The fraction of sp³-hybridized carbons (Fsp3) is 0.364. The van der Waals surface area contributed by atoms with E-state index >= 15 is 0 Å². The molecule has 0 aliphatic carbocycles. The van der Waals surface area contributed by atoms with Crippen LogP contribution in [-0.2, 0) is 4.79 Å². The summed E-state index contributed by atoms with van der Waals surface area (Å²) < 4.78 is 0. The van der Waals surface area contributed by atoms with Crippen molar-refractivity contribution in [2.75, 3.05) is 18.5 Å². The summed E-state index contributed by atoms with van der Waals surface area (Å²) >= 11 is 6.00. The van der Waals surface area contributed by atoms with E-state index in [-0.39, 0.29) is 17.6 Å². The van der Waals surface area contributed by atoms with E-state index in [9.17, 15) is 14.9 Å². The van der Waals surface area contributed by atoms with E-state index in [0.717, 1.165) is 0 Å². The molecule has 0 bridgehead atoms. The predicted molar refractivity (Wildman–Crippen MR) is 67.9 cm³/mol. The summed E-state index contributed by atoms with van der Waals surface area (Å²) in [6, 6.07) is 3.84.